The predicted molar refractivity (Wildman–Crippen MR) is 106 cm³/mol. The van der Waals surface area contributed by atoms with E-state index in [2.05, 4.69) is 39.9 Å². The summed E-state index contributed by atoms with van der Waals surface area (Å²) >= 11 is 1.66. The number of nitrogens with one attached hydrogen (secondary N) is 1. The molecule has 1 amide bonds. The van der Waals surface area contributed by atoms with Gasteiger partial charge in [0.25, 0.3) is 0 Å². The number of nitrogens with zero attached hydrogens (tertiary/aromatic N) is 1. The first-order chi connectivity index (χ1) is 12.6. The van der Waals surface area contributed by atoms with E-state index < -0.39 is 0 Å². The van der Waals surface area contributed by atoms with Crippen molar-refractivity contribution in [1.29, 1.82) is 0 Å². The molecule has 1 N–H and O–H groups in total. The summed E-state index contributed by atoms with van der Waals surface area (Å²) in [6.45, 7) is 2.63. The van der Waals surface area contributed by atoms with Gasteiger partial charge in [-0.3, -0.25) is 4.79 Å². The molecule has 26 heavy (non-hydrogen) atoms. The molecule has 0 saturated heterocycles. The molecule has 0 fully saturated rings. The van der Waals surface area contributed by atoms with Gasteiger partial charge < -0.3 is 10.1 Å². The maximum absolute atomic E-state index is 12.1. The number of hydrogen-bond donors (Lipinski definition) is 1. The van der Waals surface area contributed by atoms with Crippen LogP contribution in [0.3, 0.4) is 0 Å². The average molecular weight is 366 g/mol. The topological polar surface area (TPSA) is 51.2 Å². The zero-order valence-electron chi connectivity index (χ0n) is 15.0. The first kappa shape index (κ1) is 18.1. The first-order valence-electron chi connectivity index (χ1n) is 8.55. The number of rotatable bonds is 7. The molecule has 3 aromatic rings. The van der Waals surface area contributed by atoms with Crippen molar-refractivity contribution in [3.05, 3.63) is 70.0 Å². The monoisotopic (exact) mass is 366 g/mol. The number of methoxy groups -OCH3 is 1. The van der Waals surface area contributed by atoms with E-state index in [-0.39, 0.29) is 5.91 Å². The average Bonchev–Trinajstić information content (AvgIpc) is 3.09. The molecule has 5 heteroatoms. The minimum absolute atomic E-state index is 0.0211. The number of benzene rings is 2. The van der Waals surface area contributed by atoms with Gasteiger partial charge in [0, 0.05) is 17.5 Å². The summed E-state index contributed by atoms with van der Waals surface area (Å²) in [5.41, 5.74) is 4.29. The van der Waals surface area contributed by atoms with Gasteiger partial charge in [0.05, 0.1) is 24.2 Å². The predicted octanol–water partition coefficient (Wildman–Crippen LogP) is 4.03. The molecule has 0 spiro atoms. The minimum Gasteiger partial charge on any atom is -0.497 e. The molecule has 0 aliphatic carbocycles. The Morgan fingerprint density at radius 1 is 1.15 bits per heavy atom. The van der Waals surface area contributed by atoms with Gasteiger partial charge in [-0.15, -0.1) is 11.3 Å². The Morgan fingerprint density at radius 3 is 2.65 bits per heavy atom. The third-order valence-corrected chi connectivity index (χ3v) is 4.88. The second-order valence-corrected chi connectivity index (χ2v) is 7.14. The lowest BCUT2D eigenvalue weighted by molar-refractivity contribution is -0.120. The normalized spacial score (nSPS) is 10.5. The molecule has 0 atom stereocenters. The fourth-order valence-electron chi connectivity index (χ4n) is 2.71. The van der Waals surface area contributed by atoms with Crippen LogP contribution in [0.5, 0.6) is 5.75 Å². The molecule has 2 aromatic carbocycles. The second kappa shape index (κ2) is 8.63. The first-order valence-corrected chi connectivity index (χ1v) is 9.43. The van der Waals surface area contributed by atoms with Crippen molar-refractivity contribution in [3.63, 3.8) is 0 Å². The van der Waals surface area contributed by atoms with Gasteiger partial charge in [0.1, 0.15) is 5.75 Å². The highest BCUT2D eigenvalue weighted by molar-refractivity contribution is 7.09. The quantitative estimate of drug-likeness (QED) is 0.687. The van der Waals surface area contributed by atoms with Gasteiger partial charge >= 0.3 is 0 Å². The number of aromatic nitrogens is 1. The van der Waals surface area contributed by atoms with Crippen molar-refractivity contribution in [2.24, 2.45) is 0 Å². The van der Waals surface area contributed by atoms with Crippen LogP contribution in [0.2, 0.25) is 0 Å². The SMILES string of the molecule is COc1cccc(CC(=O)NCCc2ccc(-c3csc(C)n3)cc2)c1. The molecule has 0 bridgehead atoms. The van der Waals surface area contributed by atoms with Crippen molar-refractivity contribution < 1.29 is 9.53 Å². The van der Waals surface area contributed by atoms with Crippen LogP contribution in [-0.2, 0) is 17.6 Å². The number of aryl methyl sites for hydroxylation is 1. The fourth-order valence-corrected chi connectivity index (χ4v) is 3.34. The lowest BCUT2D eigenvalue weighted by atomic mass is 10.1. The van der Waals surface area contributed by atoms with Crippen LogP contribution < -0.4 is 10.1 Å². The Morgan fingerprint density at radius 2 is 1.96 bits per heavy atom. The van der Waals surface area contributed by atoms with Crippen LogP contribution in [0.1, 0.15) is 16.1 Å². The van der Waals surface area contributed by atoms with Gasteiger partial charge in [-0.2, -0.15) is 0 Å². The zero-order valence-corrected chi connectivity index (χ0v) is 15.8. The van der Waals surface area contributed by atoms with E-state index in [0.29, 0.717) is 13.0 Å². The highest BCUT2D eigenvalue weighted by Gasteiger charge is 2.05. The molecule has 3 rings (SSSR count). The van der Waals surface area contributed by atoms with Crippen molar-refractivity contribution in [2.75, 3.05) is 13.7 Å². The standard InChI is InChI=1S/C21H22N2O2S/c1-15-23-20(14-26-15)18-8-6-16(7-9-18)10-11-22-21(24)13-17-4-3-5-19(12-17)25-2/h3-9,12,14H,10-11,13H2,1-2H3,(H,22,24). The molecule has 4 nitrogen and oxygen atoms in total. The Balaban J connectivity index is 1.47. The summed E-state index contributed by atoms with van der Waals surface area (Å²) in [6.07, 6.45) is 1.17. The summed E-state index contributed by atoms with van der Waals surface area (Å²) in [6, 6.07) is 15.9. The molecule has 0 unspecified atom stereocenters. The van der Waals surface area contributed by atoms with Crippen LogP contribution >= 0.6 is 11.3 Å². The third kappa shape index (κ3) is 4.92. The van der Waals surface area contributed by atoms with Crippen molar-refractivity contribution >= 4 is 17.2 Å². The van der Waals surface area contributed by atoms with Gasteiger partial charge in [0.15, 0.2) is 0 Å². The van der Waals surface area contributed by atoms with Gasteiger partial charge in [-0.05, 0) is 36.6 Å². The molecular weight excluding hydrogens is 344 g/mol. The van der Waals surface area contributed by atoms with Crippen molar-refractivity contribution in [2.45, 2.75) is 19.8 Å². The Kier molecular flexibility index (Phi) is 6.02. The van der Waals surface area contributed by atoms with Crippen LogP contribution in [0.15, 0.2) is 53.9 Å². The number of thiazole rings is 1. The van der Waals surface area contributed by atoms with E-state index in [0.717, 1.165) is 34.0 Å². The largest absolute Gasteiger partial charge is 0.497 e. The Bertz CT molecular complexity index is 872. The second-order valence-electron chi connectivity index (χ2n) is 6.08. The maximum atomic E-state index is 12.1. The highest BCUT2D eigenvalue weighted by atomic mass is 32.1. The lowest BCUT2D eigenvalue weighted by Gasteiger charge is -2.07. The molecule has 0 aliphatic rings. The summed E-state index contributed by atoms with van der Waals surface area (Å²) < 4.78 is 5.18. The number of ether oxygens (including phenoxy) is 1. The number of carbonyl (C=O) groups is 1. The minimum atomic E-state index is 0.0211. The van der Waals surface area contributed by atoms with E-state index in [4.69, 9.17) is 4.74 Å². The van der Waals surface area contributed by atoms with E-state index in [1.165, 1.54) is 5.56 Å². The molecule has 0 radical (unpaired) electrons. The fraction of sp³-hybridized carbons (Fsp3) is 0.238. The molecular formula is C21H22N2O2S. The smallest absolute Gasteiger partial charge is 0.224 e. The molecule has 0 aliphatic heterocycles. The summed E-state index contributed by atoms with van der Waals surface area (Å²) in [4.78, 5) is 16.6. The molecule has 1 heterocycles. The van der Waals surface area contributed by atoms with E-state index in [1.807, 2.05) is 31.2 Å². The number of hydrogen-bond acceptors (Lipinski definition) is 4. The van der Waals surface area contributed by atoms with Gasteiger partial charge in [-0.1, -0.05) is 36.4 Å². The molecule has 134 valence electrons. The van der Waals surface area contributed by atoms with Crippen LogP contribution in [0.4, 0.5) is 0 Å². The molecule has 0 saturated carbocycles. The summed E-state index contributed by atoms with van der Waals surface area (Å²) in [5.74, 6) is 0.790. The van der Waals surface area contributed by atoms with E-state index in [1.54, 1.807) is 18.4 Å². The Labute approximate surface area is 157 Å². The lowest BCUT2D eigenvalue weighted by Crippen LogP contribution is -2.27. The van der Waals surface area contributed by atoms with Crippen LogP contribution in [0, 0.1) is 6.92 Å². The third-order valence-electron chi connectivity index (χ3n) is 4.10. The van der Waals surface area contributed by atoms with Gasteiger partial charge in [-0.25, -0.2) is 4.98 Å². The zero-order chi connectivity index (χ0) is 18.4. The summed E-state index contributed by atoms with van der Waals surface area (Å²) in [5, 5.41) is 6.12. The van der Waals surface area contributed by atoms with Crippen molar-refractivity contribution in [1.82, 2.24) is 10.3 Å². The van der Waals surface area contributed by atoms with Gasteiger partial charge in [0.2, 0.25) is 5.91 Å². The maximum Gasteiger partial charge on any atom is 0.224 e. The number of carbonyl (C=O) groups excluding carboxylic acids is 1. The Hall–Kier alpha value is -2.66. The van der Waals surface area contributed by atoms with E-state index >= 15 is 0 Å². The van der Waals surface area contributed by atoms with E-state index in [9.17, 15) is 4.79 Å². The number of amides is 1. The highest BCUT2D eigenvalue weighted by Crippen LogP contribution is 2.21. The van der Waals surface area contributed by atoms with Crippen LogP contribution in [-0.4, -0.2) is 24.5 Å². The van der Waals surface area contributed by atoms with Crippen molar-refractivity contribution in [3.8, 4) is 17.0 Å². The summed E-state index contributed by atoms with van der Waals surface area (Å²) in [7, 11) is 1.63. The molecule has 1 aromatic heterocycles. The van der Waals surface area contributed by atoms with Crippen LogP contribution in [0.25, 0.3) is 11.3 Å².